The summed E-state index contributed by atoms with van der Waals surface area (Å²) in [5.74, 6) is 0. The topological polar surface area (TPSA) is 59.1 Å². The second-order valence-corrected chi connectivity index (χ2v) is 4.39. The van der Waals surface area contributed by atoms with Crippen molar-refractivity contribution in [1.82, 2.24) is 4.98 Å². The summed E-state index contributed by atoms with van der Waals surface area (Å²) in [6.07, 6.45) is 1.51. The normalized spacial score (nSPS) is 10.5. The molecule has 0 amide bonds. The molecular formula is C12H10Cl2N2O. The summed E-state index contributed by atoms with van der Waals surface area (Å²) in [6, 6.07) is 6.88. The fourth-order valence-corrected chi connectivity index (χ4v) is 1.99. The number of aliphatic hydroxyl groups excluding tert-OH is 1. The van der Waals surface area contributed by atoms with E-state index in [1.807, 2.05) is 0 Å². The van der Waals surface area contributed by atoms with Gasteiger partial charge in [0.25, 0.3) is 0 Å². The summed E-state index contributed by atoms with van der Waals surface area (Å²) in [5, 5.41) is 10.2. The van der Waals surface area contributed by atoms with Crippen LogP contribution < -0.4 is 5.73 Å². The largest absolute Gasteiger partial charge is 0.397 e. The number of aromatic nitrogens is 1. The van der Waals surface area contributed by atoms with E-state index in [2.05, 4.69) is 4.98 Å². The minimum atomic E-state index is -0.132. The zero-order chi connectivity index (χ0) is 12.4. The number of hydrogen-bond donors (Lipinski definition) is 2. The summed E-state index contributed by atoms with van der Waals surface area (Å²) in [7, 11) is 0. The van der Waals surface area contributed by atoms with Crippen LogP contribution in [0.3, 0.4) is 0 Å². The van der Waals surface area contributed by atoms with Crippen molar-refractivity contribution >= 4 is 28.9 Å². The van der Waals surface area contributed by atoms with Crippen LogP contribution in [-0.2, 0) is 6.61 Å². The van der Waals surface area contributed by atoms with Gasteiger partial charge < -0.3 is 10.8 Å². The summed E-state index contributed by atoms with van der Waals surface area (Å²) in [5.41, 5.74) is 8.16. The van der Waals surface area contributed by atoms with Crippen molar-refractivity contribution in [3.63, 3.8) is 0 Å². The fraction of sp³-hybridized carbons (Fsp3) is 0.0833. The van der Waals surface area contributed by atoms with Gasteiger partial charge in [0.1, 0.15) is 0 Å². The van der Waals surface area contributed by atoms with E-state index in [1.165, 1.54) is 6.20 Å². The van der Waals surface area contributed by atoms with Gasteiger partial charge in [0.15, 0.2) is 0 Å². The molecule has 5 heteroatoms. The summed E-state index contributed by atoms with van der Waals surface area (Å²) in [4.78, 5) is 4.18. The van der Waals surface area contributed by atoms with Crippen LogP contribution in [0.4, 0.5) is 5.69 Å². The van der Waals surface area contributed by atoms with Crippen LogP contribution in [-0.4, -0.2) is 10.1 Å². The third-order valence-corrected chi connectivity index (χ3v) is 2.95. The highest BCUT2D eigenvalue weighted by atomic mass is 35.5. The molecule has 0 atom stereocenters. The lowest BCUT2D eigenvalue weighted by Gasteiger charge is -2.07. The van der Waals surface area contributed by atoms with Crippen LogP contribution in [0.25, 0.3) is 11.3 Å². The van der Waals surface area contributed by atoms with Crippen LogP contribution in [0.1, 0.15) is 5.56 Å². The number of nitrogens with zero attached hydrogens (tertiary/aromatic N) is 1. The molecule has 88 valence electrons. The molecule has 0 saturated heterocycles. The van der Waals surface area contributed by atoms with Gasteiger partial charge in [-0.15, -0.1) is 0 Å². The second kappa shape index (κ2) is 4.92. The first kappa shape index (κ1) is 12.2. The zero-order valence-electron chi connectivity index (χ0n) is 8.82. The molecule has 0 spiro atoms. The Hall–Kier alpha value is -1.29. The minimum absolute atomic E-state index is 0.132. The number of anilines is 1. The second-order valence-electron chi connectivity index (χ2n) is 3.55. The number of halogens is 2. The maximum absolute atomic E-state index is 9.14. The Labute approximate surface area is 109 Å². The Bertz CT molecular complexity index is 558. The summed E-state index contributed by atoms with van der Waals surface area (Å²) in [6.45, 7) is -0.132. The quantitative estimate of drug-likeness (QED) is 0.880. The third kappa shape index (κ3) is 2.52. The van der Waals surface area contributed by atoms with Gasteiger partial charge in [-0.3, -0.25) is 4.98 Å². The van der Waals surface area contributed by atoms with Crippen molar-refractivity contribution in [2.24, 2.45) is 0 Å². The van der Waals surface area contributed by atoms with E-state index in [0.29, 0.717) is 27.0 Å². The lowest BCUT2D eigenvalue weighted by molar-refractivity contribution is 0.282. The Morgan fingerprint density at radius 3 is 2.65 bits per heavy atom. The average Bonchev–Trinajstić information content (AvgIpc) is 2.30. The van der Waals surface area contributed by atoms with Gasteiger partial charge in [0.2, 0.25) is 0 Å². The predicted octanol–water partition coefficient (Wildman–Crippen LogP) is 3.13. The van der Waals surface area contributed by atoms with E-state index < -0.39 is 0 Å². The van der Waals surface area contributed by atoms with E-state index in [1.54, 1.807) is 24.3 Å². The highest BCUT2D eigenvalue weighted by Gasteiger charge is 2.08. The maximum atomic E-state index is 9.14. The highest BCUT2D eigenvalue weighted by molar-refractivity contribution is 6.36. The van der Waals surface area contributed by atoms with Gasteiger partial charge in [-0.05, 0) is 24.3 Å². The first-order valence-corrected chi connectivity index (χ1v) is 5.68. The molecule has 2 rings (SSSR count). The smallest absolute Gasteiger partial charge is 0.0722 e. The molecule has 0 aliphatic carbocycles. The molecule has 0 unspecified atom stereocenters. The lowest BCUT2D eigenvalue weighted by atomic mass is 10.1. The van der Waals surface area contributed by atoms with Crippen LogP contribution in [0, 0.1) is 0 Å². The molecule has 0 fully saturated rings. The molecular weight excluding hydrogens is 259 g/mol. The molecule has 1 aromatic carbocycles. The van der Waals surface area contributed by atoms with Crippen LogP contribution in [0.5, 0.6) is 0 Å². The van der Waals surface area contributed by atoms with Crippen LogP contribution >= 0.6 is 23.2 Å². The van der Waals surface area contributed by atoms with Crippen molar-refractivity contribution in [2.45, 2.75) is 6.61 Å². The monoisotopic (exact) mass is 268 g/mol. The number of pyridine rings is 1. The van der Waals surface area contributed by atoms with Crippen molar-refractivity contribution < 1.29 is 5.11 Å². The average molecular weight is 269 g/mol. The maximum Gasteiger partial charge on any atom is 0.0722 e. The molecule has 3 N–H and O–H groups in total. The highest BCUT2D eigenvalue weighted by Crippen LogP contribution is 2.30. The number of hydrogen-bond acceptors (Lipinski definition) is 3. The first-order chi connectivity index (χ1) is 8.11. The lowest BCUT2D eigenvalue weighted by Crippen LogP contribution is -1.97. The van der Waals surface area contributed by atoms with Gasteiger partial charge in [-0.25, -0.2) is 0 Å². The predicted molar refractivity (Wildman–Crippen MR) is 70.0 cm³/mol. The molecule has 2 aromatic rings. The van der Waals surface area contributed by atoms with Gasteiger partial charge in [-0.2, -0.15) is 0 Å². The third-order valence-electron chi connectivity index (χ3n) is 2.40. The van der Waals surface area contributed by atoms with Crippen LogP contribution in [0.15, 0.2) is 30.5 Å². The van der Waals surface area contributed by atoms with E-state index in [0.717, 1.165) is 5.56 Å². The Morgan fingerprint density at radius 2 is 2.00 bits per heavy atom. The van der Waals surface area contributed by atoms with Crippen molar-refractivity contribution in [2.75, 3.05) is 5.73 Å². The SMILES string of the molecule is Nc1cnc(-c2ccc(Cl)cc2Cl)cc1CO. The Morgan fingerprint density at radius 1 is 1.24 bits per heavy atom. The molecule has 3 nitrogen and oxygen atoms in total. The first-order valence-electron chi connectivity index (χ1n) is 4.92. The van der Waals surface area contributed by atoms with Crippen molar-refractivity contribution in [1.29, 1.82) is 0 Å². The van der Waals surface area contributed by atoms with Gasteiger partial charge in [0, 0.05) is 16.1 Å². The van der Waals surface area contributed by atoms with Gasteiger partial charge >= 0.3 is 0 Å². The summed E-state index contributed by atoms with van der Waals surface area (Å²) >= 11 is 11.9. The van der Waals surface area contributed by atoms with E-state index in [4.69, 9.17) is 34.0 Å². The van der Waals surface area contributed by atoms with Gasteiger partial charge in [-0.1, -0.05) is 23.2 Å². The standard InChI is InChI=1S/C12H10Cl2N2O/c13-8-1-2-9(10(14)4-8)12-3-7(6-17)11(15)5-16-12/h1-5,17H,6,15H2. The van der Waals surface area contributed by atoms with Crippen molar-refractivity contribution in [3.8, 4) is 11.3 Å². The molecule has 0 aliphatic rings. The fourth-order valence-electron chi connectivity index (χ4n) is 1.49. The van der Waals surface area contributed by atoms with E-state index >= 15 is 0 Å². The molecule has 0 aliphatic heterocycles. The number of nitrogens with two attached hydrogens (primary N) is 1. The van der Waals surface area contributed by atoms with Crippen LogP contribution in [0.2, 0.25) is 10.0 Å². The molecule has 1 heterocycles. The number of rotatable bonds is 2. The molecule has 0 radical (unpaired) electrons. The Balaban J connectivity index is 2.53. The molecule has 0 bridgehead atoms. The molecule has 1 aromatic heterocycles. The molecule has 0 saturated carbocycles. The number of nitrogen functional groups attached to an aromatic ring is 1. The van der Waals surface area contributed by atoms with E-state index in [9.17, 15) is 0 Å². The summed E-state index contributed by atoms with van der Waals surface area (Å²) < 4.78 is 0. The molecule has 17 heavy (non-hydrogen) atoms. The van der Waals surface area contributed by atoms with E-state index in [-0.39, 0.29) is 6.61 Å². The minimum Gasteiger partial charge on any atom is -0.397 e. The zero-order valence-corrected chi connectivity index (χ0v) is 10.3. The van der Waals surface area contributed by atoms with Gasteiger partial charge in [0.05, 0.1) is 29.2 Å². The number of aliphatic hydroxyl groups is 1. The van der Waals surface area contributed by atoms with Crippen molar-refractivity contribution in [3.05, 3.63) is 46.1 Å². The Kier molecular flexibility index (Phi) is 3.52. The number of benzene rings is 1.